The van der Waals surface area contributed by atoms with Gasteiger partial charge in [0, 0.05) is 17.7 Å². The molecule has 1 aromatic heterocycles. The van der Waals surface area contributed by atoms with Crippen molar-refractivity contribution in [1.82, 2.24) is 5.32 Å². The number of hydrogen-bond acceptors (Lipinski definition) is 5. The summed E-state index contributed by atoms with van der Waals surface area (Å²) in [5.74, 6) is 0.212. The van der Waals surface area contributed by atoms with Gasteiger partial charge in [0.1, 0.15) is 17.6 Å². The zero-order valence-corrected chi connectivity index (χ0v) is 13.4. The van der Waals surface area contributed by atoms with Crippen molar-refractivity contribution in [3.8, 4) is 11.3 Å². The van der Waals surface area contributed by atoms with Gasteiger partial charge in [-0.3, -0.25) is 20.2 Å². The predicted molar refractivity (Wildman–Crippen MR) is 88.6 cm³/mol. The number of nitrogens with one attached hydrogen (secondary N) is 1. The molecule has 0 aliphatic carbocycles. The fourth-order valence-electron chi connectivity index (χ4n) is 2.35. The van der Waals surface area contributed by atoms with Crippen LogP contribution in [-0.2, 0) is 11.3 Å². The van der Waals surface area contributed by atoms with E-state index in [4.69, 9.17) is 4.42 Å². The number of nitro groups is 1. The summed E-state index contributed by atoms with van der Waals surface area (Å²) in [5, 5.41) is 23.0. The van der Waals surface area contributed by atoms with Crippen molar-refractivity contribution >= 4 is 11.7 Å². The summed E-state index contributed by atoms with van der Waals surface area (Å²) in [7, 11) is 0. The van der Waals surface area contributed by atoms with E-state index >= 15 is 0 Å². The van der Waals surface area contributed by atoms with Crippen LogP contribution >= 0.6 is 0 Å². The smallest absolute Gasteiger partial charge is 0.320 e. The molecule has 0 radical (unpaired) electrons. The number of carboxylic acid groups (broad SMARTS) is 1. The van der Waals surface area contributed by atoms with Crippen LogP contribution in [0.4, 0.5) is 5.69 Å². The minimum Gasteiger partial charge on any atom is -0.480 e. The Morgan fingerprint density at radius 2 is 2.17 bits per heavy atom. The van der Waals surface area contributed by atoms with Crippen LogP contribution in [0.1, 0.15) is 31.9 Å². The Morgan fingerprint density at radius 1 is 1.38 bits per heavy atom. The number of rotatable bonds is 9. The van der Waals surface area contributed by atoms with Crippen molar-refractivity contribution in [2.45, 2.75) is 38.8 Å². The van der Waals surface area contributed by atoms with E-state index < -0.39 is 16.9 Å². The van der Waals surface area contributed by atoms with Gasteiger partial charge in [-0.25, -0.2) is 0 Å². The SMILES string of the molecule is CCCC[C@H](NCc1ccc(-c2cccc([N+](=O)[O-])c2)o1)C(=O)O. The molecule has 0 aliphatic heterocycles. The second kappa shape index (κ2) is 8.26. The number of non-ortho nitro benzene ring substituents is 1. The normalized spacial score (nSPS) is 12.0. The van der Waals surface area contributed by atoms with Gasteiger partial charge in [-0.1, -0.05) is 31.9 Å². The topological polar surface area (TPSA) is 106 Å². The van der Waals surface area contributed by atoms with Crippen molar-refractivity contribution in [2.24, 2.45) is 0 Å². The third-order valence-corrected chi connectivity index (χ3v) is 3.67. The second-order valence-corrected chi connectivity index (χ2v) is 5.49. The monoisotopic (exact) mass is 332 g/mol. The average Bonchev–Trinajstić information content (AvgIpc) is 3.03. The molecule has 1 atom stereocenters. The van der Waals surface area contributed by atoms with Crippen LogP contribution in [0.3, 0.4) is 0 Å². The maximum absolute atomic E-state index is 11.2. The first-order valence-corrected chi connectivity index (χ1v) is 7.81. The standard InChI is InChI=1S/C17H20N2O5/c1-2-3-7-15(17(20)21)18-11-14-8-9-16(24-14)12-5-4-6-13(10-12)19(22)23/h4-6,8-10,15,18H,2-3,7,11H2,1H3,(H,20,21)/t15-/m0/s1. The highest BCUT2D eigenvalue weighted by Crippen LogP contribution is 2.25. The van der Waals surface area contributed by atoms with Gasteiger partial charge in [-0.05, 0) is 18.6 Å². The van der Waals surface area contributed by atoms with Crippen LogP contribution in [0.2, 0.25) is 0 Å². The summed E-state index contributed by atoms with van der Waals surface area (Å²) < 4.78 is 5.66. The first-order chi connectivity index (χ1) is 11.5. The Morgan fingerprint density at radius 3 is 2.83 bits per heavy atom. The molecule has 2 N–H and O–H groups in total. The lowest BCUT2D eigenvalue weighted by molar-refractivity contribution is -0.384. The van der Waals surface area contributed by atoms with Crippen LogP contribution < -0.4 is 5.32 Å². The van der Waals surface area contributed by atoms with Crippen molar-refractivity contribution in [3.05, 3.63) is 52.3 Å². The molecule has 0 saturated heterocycles. The summed E-state index contributed by atoms with van der Waals surface area (Å²) in [4.78, 5) is 21.6. The molecule has 0 spiro atoms. The number of hydrogen-bond donors (Lipinski definition) is 2. The lowest BCUT2D eigenvalue weighted by Crippen LogP contribution is -2.36. The maximum atomic E-state index is 11.2. The number of carboxylic acids is 1. The highest BCUT2D eigenvalue weighted by atomic mass is 16.6. The van der Waals surface area contributed by atoms with Crippen LogP contribution in [0, 0.1) is 10.1 Å². The second-order valence-electron chi connectivity index (χ2n) is 5.49. The number of aliphatic carboxylic acids is 1. The number of unbranched alkanes of at least 4 members (excludes halogenated alkanes) is 1. The third kappa shape index (κ3) is 4.66. The molecule has 7 heteroatoms. The molecule has 7 nitrogen and oxygen atoms in total. The Balaban J connectivity index is 2.04. The van der Waals surface area contributed by atoms with Crippen LogP contribution in [0.25, 0.3) is 11.3 Å². The minimum atomic E-state index is -0.881. The summed E-state index contributed by atoms with van der Waals surface area (Å²) in [6.45, 7) is 2.30. The summed E-state index contributed by atoms with van der Waals surface area (Å²) >= 11 is 0. The molecule has 1 heterocycles. The molecule has 2 aromatic rings. The predicted octanol–water partition coefficient (Wildman–Crippen LogP) is 3.59. The fraction of sp³-hybridized carbons (Fsp3) is 0.353. The molecular formula is C17H20N2O5. The zero-order valence-electron chi connectivity index (χ0n) is 13.4. The first kappa shape index (κ1) is 17.7. The van der Waals surface area contributed by atoms with Crippen molar-refractivity contribution < 1.29 is 19.2 Å². The van der Waals surface area contributed by atoms with Crippen molar-refractivity contribution in [3.63, 3.8) is 0 Å². The molecule has 0 unspecified atom stereocenters. The van der Waals surface area contributed by atoms with Crippen LogP contribution in [-0.4, -0.2) is 22.0 Å². The van der Waals surface area contributed by atoms with Gasteiger partial charge in [0.25, 0.3) is 5.69 Å². The first-order valence-electron chi connectivity index (χ1n) is 7.81. The molecule has 24 heavy (non-hydrogen) atoms. The molecule has 1 aromatic carbocycles. The van der Waals surface area contributed by atoms with Gasteiger partial charge in [-0.2, -0.15) is 0 Å². The molecule has 0 amide bonds. The quantitative estimate of drug-likeness (QED) is 0.537. The average molecular weight is 332 g/mol. The summed E-state index contributed by atoms with van der Waals surface area (Å²) in [5.41, 5.74) is 0.602. The Bertz CT molecular complexity index is 711. The number of nitro benzene ring substituents is 1. The molecule has 0 bridgehead atoms. The van der Waals surface area contributed by atoms with Gasteiger partial charge in [0.2, 0.25) is 0 Å². The van der Waals surface area contributed by atoms with Gasteiger partial charge >= 0.3 is 5.97 Å². The van der Waals surface area contributed by atoms with E-state index in [1.165, 1.54) is 12.1 Å². The number of furan rings is 1. The summed E-state index contributed by atoms with van der Waals surface area (Å²) in [6, 6.07) is 9.02. The Kier molecular flexibility index (Phi) is 6.08. The highest BCUT2D eigenvalue weighted by Gasteiger charge is 2.17. The molecule has 2 rings (SSSR count). The van der Waals surface area contributed by atoms with E-state index in [0.29, 0.717) is 23.5 Å². The molecule has 128 valence electrons. The number of carbonyl (C=O) groups is 1. The van der Waals surface area contributed by atoms with Crippen molar-refractivity contribution in [1.29, 1.82) is 0 Å². The number of nitrogens with zero attached hydrogens (tertiary/aromatic N) is 1. The van der Waals surface area contributed by atoms with E-state index in [2.05, 4.69) is 5.32 Å². The largest absolute Gasteiger partial charge is 0.480 e. The Labute approximate surface area is 139 Å². The highest BCUT2D eigenvalue weighted by molar-refractivity contribution is 5.73. The zero-order chi connectivity index (χ0) is 17.5. The van der Waals surface area contributed by atoms with Gasteiger partial charge in [0.05, 0.1) is 11.5 Å². The van der Waals surface area contributed by atoms with Gasteiger partial charge in [0.15, 0.2) is 0 Å². The van der Waals surface area contributed by atoms with Gasteiger partial charge in [-0.15, -0.1) is 0 Å². The van der Waals surface area contributed by atoms with Crippen LogP contribution in [0.15, 0.2) is 40.8 Å². The molecular weight excluding hydrogens is 312 g/mol. The molecule has 0 fully saturated rings. The summed E-state index contributed by atoms with van der Waals surface area (Å²) in [6.07, 6.45) is 2.33. The minimum absolute atomic E-state index is 0.00548. The Hall–Kier alpha value is -2.67. The van der Waals surface area contributed by atoms with E-state index in [1.54, 1.807) is 24.3 Å². The molecule has 0 aliphatic rings. The van der Waals surface area contributed by atoms with E-state index in [0.717, 1.165) is 12.8 Å². The van der Waals surface area contributed by atoms with E-state index in [-0.39, 0.29) is 12.2 Å². The van der Waals surface area contributed by atoms with E-state index in [9.17, 15) is 20.0 Å². The lowest BCUT2D eigenvalue weighted by Gasteiger charge is -2.12. The van der Waals surface area contributed by atoms with Crippen LogP contribution in [0.5, 0.6) is 0 Å². The fourth-order valence-corrected chi connectivity index (χ4v) is 2.35. The maximum Gasteiger partial charge on any atom is 0.320 e. The number of benzene rings is 1. The van der Waals surface area contributed by atoms with Crippen molar-refractivity contribution in [2.75, 3.05) is 0 Å². The third-order valence-electron chi connectivity index (χ3n) is 3.67. The lowest BCUT2D eigenvalue weighted by atomic mass is 10.1. The van der Waals surface area contributed by atoms with Gasteiger partial charge < -0.3 is 9.52 Å². The molecule has 0 saturated carbocycles. The van der Waals surface area contributed by atoms with E-state index in [1.807, 2.05) is 6.92 Å².